The molecule has 0 rings (SSSR count). The van der Waals surface area contributed by atoms with Crippen LogP contribution in [0, 0.1) is 0 Å². The van der Waals surface area contributed by atoms with Crippen molar-refractivity contribution in [3.63, 3.8) is 0 Å². The summed E-state index contributed by atoms with van der Waals surface area (Å²) in [6, 6.07) is 0. The van der Waals surface area contributed by atoms with Gasteiger partial charge in [0.15, 0.2) is 5.78 Å². The van der Waals surface area contributed by atoms with E-state index in [9.17, 15) is 14.7 Å². The molecule has 0 saturated carbocycles. The van der Waals surface area contributed by atoms with Crippen molar-refractivity contribution >= 4 is 11.6 Å². The lowest BCUT2D eigenvalue weighted by molar-refractivity contribution is -0.143. The van der Waals surface area contributed by atoms with Gasteiger partial charge in [-0.15, -0.1) is 0 Å². The standard InChI is InChI=1S/C36H70O3/c1-4-7-9-11-13-15-17-19-21-23-25-27-29-31-34(37)33-36(39,6-3)35(38)32-30-28-26-24-22-20-18-16-14-12-10-8-5-2/h39H,4-33H2,1-3H3. The van der Waals surface area contributed by atoms with Gasteiger partial charge in [0, 0.05) is 19.3 Å². The SMILES string of the molecule is CCCCCCCCCCCCCCCC(=O)CC(O)(CC)C(=O)CCCCCCCCCCCCCCC. The van der Waals surface area contributed by atoms with Crippen LogP contribution in [-0.4, -0.2) is 22.3 Å². The predicted molar refractivity (Wildman–Crippen MR) is 170 cm³/mol. The van der Waals surface area contributed by atoms with Crippen molar-refractivity contribution in [1.29, 1.82) is 0 Å². The molecule has 232 valence electrons. The van der Waals surface area contributed by atoms with Crippen LogP contribution in [-0.2, 0) is 9.59 Å². The molecule has 0 fully saturated rings. The second-order valence-electron chi connectivity index (χ2n) is 12.5. The number of unbranched alkanes of at least 4 members (excludes halogenated alkanes) is 24. The van der Waals surface area contributed by atoms with Gasteiger partial charge in [0.2, 0.25) is 0 Å². The van der Waals surface area contributed by atoms with Crippen molar-refractivity contribution < 1.29 is 14.7 Å². The first-order chi connectivity index (χ1) is 19.0. The van der Waals surface area contributed by atoms with Crippen molar-refractivity contribution in [2.75, 3.05) is 0 Å². The van der Waals surface area contributed by atoms with Crippen LogP contribution in [0.1, 0.15) is 213 Å². The average Bonchev–Trinajstić information content (AvgIpc) is 2.93. The first-order valence-electron chi connectivity index (χ1n) is 17.8. The maximum atomic E-state index is 12.7. The van der Waals surface area contributed by atoms with E-state index in [1.807, 2.05) is 6.92 Å². The van der Waals surface area contributed by atoms with E-state index in [4.69, 9.17) is 0 Å². The van der Waals surface area contributed by atoms with E-state index in [0.717, 1.165) is 25.7 Å². The van der Waals surface area contributed by atoms with E-state index in [1.54, 1.807) is 0 Å². The summed E-state index contributed by atoms with van der Waals surface area (Å²) in [5.41, 5.74) is -1.44. The fraction of sp³-hybridized carbons (Fsp3) is 0.944. The fourth-order valence-corrected chi connectivity index (χ4v) is 5.71. The summed E-state index contributed by atoms with van der Waals surface area (Å²) in [5, 5.41) is 10.9. The quantitative estimate of drug-likeness (QED) is 0.0847. The lowest BCUT2D eigenvalue weighted by atomic mass is 9.85. The van der Waals surface area contributed by atoms with Crippen molar-refractivity contribution in [3.05, 3.63) is 0 Å². The number of carbonyl (C=O) groups is 2. The van der Waals surface area contributed by atoms with Crippen LogP contribution in [0.4, 0.5) is 0 Å². The summed E-state index contributed by atoms with van der Waals surface area (Å²) < 4.78 is 0. The minimum absolute atomic E-state index is 0.0129. The molecule has 0 aliphatic rings. The Morgan fingerprint density at radius 1 is 0.436 bits per heavy atom. The Morgan fingerprint density at radius 2 is 0.718 bits per heavy atom. The highest BCUT2D eigenvalue weighted by Crippen LogP contribution is 2.23. The van der Waals surface area contributed by atoms with E-state index in [2.05, 4.69) is 13.8 Å². The first kappa shape index (κ1) is 38.3. The van der Waals surface area contributed by atoms with Crippen molar-refractivity contribution in [2.45, 2.75) is 219 Å². The molecule has 0 aromatic heterocycles. The molecule has 0 radical (unpaired) electrons. The zero-order valence-electron chi connectivity index (χ0n) is 27.0. The minimum Gasteiger partial charge on any atom is -0.382 e. The third kappa shape index (κ3) is 24.8. The maximum absolute atomic E-state index is 12.7. The molecule has 0 bridgehead atoms. The van der Waals surface area contributed by atoms with Gasteiger partial charge in [-0.2, -0.15) is 0 Å². The smallest absolute Gasteiger partial charge is 0.164 e. The van der Waals surface area contributed by atoms with Gasteiger partial charge in [0.1, 0.15) is 11.4 Å². The lowest BCUT2D eigenvalue weighted by Crippen LogP contribution is -2.40. The van der Waals surface area contributed by atoms with E-state index >= 15 is 0 Å². The topological polar surface area (TPSA) is 54.4 Å². The van der Waals surface area contributed by atoms with Gasteiger partial charge in [-0.3, -0.25) is 9.59 Å². The number of aliphatic hydroxyl groups is 1. The van der Waals surface area contributed by atoms with Crippen LogP contribution in [0.3, 0.4) is 0 Å². The van der Waals surface area contributed by atoms with Crippen LogP contribution in [0.2, 0.25) is 0 Å². The molecule has 39 heavy (non-hydrogen) atoms. The highest BCUT2D eigenvalue weighted by molar-refractivity contribution is 5.92. The van der Waals surface area contributed by atoms with Crippen LogP contribution >= 0.6 is 0 Å². The number of carbonyl (C=O) groups excluding carboxylic acids is 2. The molecule has 1 N–H and O–H groups in total. The van der Waals surface area contributed by atoms with Gasteiger partial charge < -0.3 is 5.11 Å². The summed E-state index contributed by atoms with van der Waals surface area (Å²) in [5.74, 6) is -0.0621. The summed E-state index contributed by atoms with van der Waals surface area (Å²) in [6.45, 7) is 6.37. The molecule has 0 heterocycles. The highest BCUT2D eigenvalue weighted by atomic mass is 16.3. The van der Waals surface area contributed by atoms with Crippen LogP contribution < -0.4 is 0 Å². The van der Waals surface area contributed by atoms with Crippen molar-refractivity contribution in [3.8, 4) is 0 Å². The Hall–Kier alpha value is -0.700. The molecule has 0 amide bonds. The average molecular weight is 551 g/mol. The maximum Gasteiger partial charge on any atom is 0.164 e. The molecule has 0 spiro atoms. The van der Waals surface area contributed by atoms with Gasteiger partial charge in [-0.1, -0.05) is 175 Å². The fourth-order valence-electron chi connectivity index (χ4n) is 5.71. The zero-order valence-corrected chi connectivity index (χ0v) is 27.0. The van der Waals surface area contributed by atoms with Gasteiger partial charge in [-0.05, 0) is 19.3 Å². The molecule has 0 aromatic rings. The van der Waals surface area contributed by atoms with Crippen LogP contribution in [0.15, 0.2) is 0 Å². The molecule has 0 aliphatic carbocycles. The Bertz CT molecular complexity index is 543. The number of Topliss-reactive ketones (excluding diaryl/α,β-unsaturated/α-hetero) is 2. The van der Waals surface area contributed by atoms with E-state index in [0.29, 0.717) is 19.3 Å². The molecule has 0 aliphatic heterocycles. The lowest BCUT2D eigenvalue weighted by Gasteiger charge is -2.24. The Morgan fingerprint density at radius 3 is 1.03 bits per heavy atom. The zero-order chi connectivity index (χ0) is 28.9. The number of hydrogen-bond acceptors (Lipinski definition) is 3. The molecule has 1 unspecified atom stereocenters. The van der Waals surface area contributed by atoms with Gasteiger partial charge in [-0.25, -0.2) is 0 Å². The summed E-state index contributed by atoms with van der Waals surface area (Å²) in [6.07, 6.45) is 34.6. The summed E-state index contributed by atoms with van der Waals surface area (Å²) >= 11 is 0. The van der Waals surface area contributed by atoms with Gasteiger partial charge >= 0.3 is 0 Å². The number of ketones is 2. The monoisotopic (exact) mass is 551 g/mol. The molecule has 0 aromatic carbocycles. The van der Waals surface area contributed by atoms with E-state index in [1.165, 1.54) is 141 Å². The Kier molecular flexibility index (Phi) is 28.3. The molecule has 0 saturated heterocycles. The van der Waals surface area contributed by atoms with E-state index in [-0.39, 0.29) is 18.0 Å². The minimum atomic E-state index is -1.44. The van der Waals surface area contributed by atoms with Gasteiger partial charge in [0.05, 0.1) is 0 Å². The summed E-state index contributed by atoms with van der Waals surface area (Å²) in [4.78, 5) is 25.2. The Balaban J connectivity index is 3.71. The summed E-state index contributed by atoms with van der Waals surface area (Å²) in [7, 11) is 0. The third-order valence-corrected chi connectivity index (χ3v) is 8.66. The Labute approximate surface area is 245 Å². The molecular formula is C36H70O3. The second-order valence-corrected chi connectivity index (χ2v) is 12.5. The first-order valence-corrected chi connectivity index (χ1v) is 17.8. The van der Waals surface area contributed by atoms with Crippen LogP contribution in [0.5, 0.6) is 0 Å². The van der Waals surface area contributed by atoms with Crippen molar-refractivity contribution in [1.82, 2.24) is 0 Å². The predicted octanol–water partition coefficient (Wildman–Crippen LogP) is 11.6. The normalized spacial score (nSPS) is 13.0. The number of hydrogen-bond donors (Lipinski definition) is 1. The number of rotatable bonds is 32. The largest absolute Gasteiger partial charge is 0.382 e. The van der Waals surface area contributed by atoms with E-state index < -0.39 is 5.60 Å². The molecule has 3 heteroatoms. The molecule has 1 atom stereocenters. The van der Waals surface area contributed by atoms with Crippen LogP contribution in [0.25, 0.3) is 0 Å². The van der Waals surface area contributed by atoms with Gasteiger partial charge in [0.25, 0.3) is 0 Å². The second kappa shape index (κ2) is 28.8. The third-order valence-electron chi connectivity index (χ3n) is 8.66. The molecule has 3 nitrogen and oxygen atoms in total. The van der Waals surface area contributed by atoms with Crippen molar-refractivity contribution in [2.24, 2.45) is 0 Å². The highest BCUT2D eigenvalue weighted by Gasteiger charge is 2.35. The molecular weight excluding hydrogens is 480 g/mol.